The fourth-order valence-electron chi connectivity index (χ4n) is 4.63. The van der Waals surface area contributed by atoms with Crippen molar-refractivity contribution in [2.45, 2.75) is 119 Å². The van der Waals surface area contributed by atoms with Crippen molar-refractivity contribution in [1.29, 1.82) is 0 Å². The highest BCUT2D eigenvalue weighted by atomic mass is 19.4. The number of halogens is 17. The third kappa shape index (κ3) is 6.01. The van der Waals surface area contributed by atoms with E-state index in [2.05, 4.69) is 14.2 Å². The molecular weight excluding hydrogens is 647 g/mol. The highest BCUT2D eigenvalue weighted by Crippen LogP contribution is 2.68. The third-order valence-electron chi connectivity index (χ3n) is 7.28. The summed E-state index contributed by atoms with van der Waals surface area (Å²) in [4.78, 5) is 0. The Morgan fingerprint density at radius 2 is 0.698 bits per heavy atom. The van der Waals surface area contributed by atoms with Crippen molar-refractivity contribution in [2.75, 3.05) is 21.3 Å². The van der Waals surface area contributed by atoms with Gasteiger partial charge in [0.2, 0.25) is 0 Å². The fraction of sp³-hybridized carbons (Fsp3) is 1.00. The quantitative estimate of drug-likeness (QED) is 0.0774. The lowest BCUT2D eigenvalue weighted by Gasteiger charge is -2.53. The molecule has 1 unspecified atom stereocenters. The number of hydrogen-bond donors (Lipinski definition) is 0. The molecule has 0 aromatic heterocycles. The minimum atomic E-state index is -8.71. The topological polar surface area (TPSA) is 27.7 Å². The van der Waals surface area contributed by atoms with E-state index in [0.717, 1.165) is 0 Å². The van der Waals surface area contributed by atoms with E-state index in [0.29, 0.717) is 47.5 Å². The van der Waals surface area contributed by atoms with Crippen LogP contribution in [-0.4, -0.2) is 74.9 Å². The van der Waals surface area contributed by atoms with Gasteiger partial charge in [-0.2, -0.15) is 74.6 Å². The zero-order chi connectivity index (χ0) is 34.8. The first-order valence-corrected chi connectivity index (χ1v) is 12.4. The lowest BCUT2D eigenvalue weighted by Crippen LogP contribution is -2.77. The molecule has 0 heterocycles. The molecule has 0 saturated heterocycles. The van der Waals surface area contributed by atoms with Crippen LogP contribution in [0.4, 0.5) is 74.6 Å². The molecule has 0 spiro atoms. The van der Waals surface area contributed by atoms with Crippen molar-refractivity contribution in [3.63, 3.8) is 0 Å². The largest absolute Gasteiger partial charge is 0.460 e. The van der Waals surface area contributed by atoms with Crippen LogP contribution in [0.3, 0.4) is 0 Å². The Morgan fingerprint density at radius 1 is 0.395 bits per heavy atom. The Balaban J connectivity index is 7.36. The van der Waals surface area contributed by atoms with Gasteiger partial charge in [-0.1, -0.05) is 52.4 Å². The van der Waals surface area contributed by atoms with E-state index in [-0.39, 0.29) is 12.8 Å². The molecule has 20 heteroatoms. The number of methoxy groups -OCH3 is 3. The van der Waals surface area contributed by atoms with E-state index in [1.807, 2.05) is 0 Å². The van der Waals surface area contributed by atoms with Crippen molar-refractivity contribution in [2.24, 2.45) is 5.41 Å². The summed E-state index contributed by atoms with van der Waals surface area (Å²) in [6.07, 6.45) is -9.48. The molecule has 43 heavy (non-hydrogen) atoms. The molecule has 0 N–H and O–H groups in total. The van der Waals surface area contributed by atoms with Gasteiger partial charge in [0.15, 0.2) is 0 Å². The molecule has 0 aromatic rings. The maximum absolute atomic E-state index is 15.8. The summed E-state index contributed by atoms with van der Waals surface area (Å²) in [6, 6.07) is 0. The van der Waals surface area contributed by atoms with Gasteiger partial charge in [0.1, 0.15) is 5.41 Å². The van der Waals surface area contributed by atoms with Crippen LogP contribution in [0.15, 0.2) is 0 Å². The molecule has 0 amide bonds. The summed E-state index contributed by atoms with van der Waals surface area (Å²) in [5.74, 6) is -60.9. The maximum Gasteiger partial charge on any atom is 0.460 e. The lowest BCUT2D eigenvalue weighted by molar-refractivity contribution is -0.491. The molecular formula is C23H31F17O3. The lowest BCUT2D eigenvalue weighted by atomic mass is 9.67. The van der Waals surface area contributed by atoms with Crippen molar-refractivity contribution in [1.82, 2.24) is 0 Å². The second-order valence-electron chi connectivity index (χ2n) is 9.64. The average molecular weight is 678 g/mol. The second kappa shape index (κ2) is 13.2. The molecule has 3 nitrogen and oxygen atoms in total. The van der Waals surface area contributed by atoms with Gasteiger partial charge in [0.05, 0.1) is 0 Å². The van der Waals surface area contributed by atoms with Crippen molar-refractivity contribution in [3.8, 4) is 0 Å². The van der Waals surface area contributed by atoms with Gasteiger partial charge in [0, 0.05) is 21.3 Å². The zero-order valence-electron chi connectivity index (χ0n) is 23.3. The number of hydrogen-bond acceptors (Lipinski definition) is 3. The molecule has 0 aliphatic heterocycles. The standard InChI is InChI=1S/C23H31F17O3/c1-6-8-9-10-11-12-13-14(7-2,23(41-3,42-4)43-5)15(24,25)16(26,27)17(28,29)18(30,31)19(32,33)20(34,35)21(36,37)22(38,39)40/h6-13H2,1-5H3. The molecule has 1 atom stereocenters. The van der Waals surface area contributed by atoms with E-state index >= 15 is 17.6 Å². The minimum absolute atomic E-state index is 0.0972. The summed E-state index contributed by atoms with van der Waals surface area (Å²) in [7, 11) is 1.31. The van der Waals surface area contributed by atoms with Crippen LogP contribution < -0.4 is 0 Å². The molecule has 0 fully saturated rings. The fourth-order valence-corrected chi connectivity index (χ4v) is 4.63. The molecule has 0 aliphatic carbocycles. The molecule has 0 rings (SSSR count). The van der Waals surface area contributed by atoms with Crippen LogP contribution >= 0.6 is 0 Å². The van der Waals surface area contributed by atoms with Gasteiger partial charge in [-0.05, 0) is 12.8 Å². The Hall–Kier alpha value is -1.31. The zero-order valence-corrected chi connectivity index (χ0v) is 23.3. The highest BCUT2D eigenvalue weighted by Gasteiger charge is 2.96. The predicted molar refractivity (Wildman–Crippen MR) is 115 cm³/mol. The summed E-state index contributed by atoms with van der Waals surface area (Å²) in [6.45, 7) is 2.35. The van der Waals surface area contributed by atoms with Gasteiger partial charge < -0.3 is 14.2 Å². The van der Waals surface area contributed by atoms with E-state index in [9.17, 15) is 57.1 Å². The molecule has 260 valence electrons. The number of rotatable bonds is 19. The first-order chi connectivity index (χ1) is 19.1. The maximum atomic E-state index is 15.8. The Kier molecular flexibility index (Phi) is 12.8. The van der Waals surface area contributed by atoms with Crippen LogP contribution in [0.25, 0.3) is 0 Å². The number of alkyl halides is 17. The highest BCUT2D eigenvalue weighted by molar-refractivity contribution is 5.18. The van der Waals surface area contributed by atoms with E-state index in [1.165, 1.54) is 0 Å². The smallest absolute Gasteiger partial charge is 0.330 e. The second-order valence-corrected chi connectivity index (χ2v) is 9.64. The normalized spacial score (nSPS) is 16.9. The minimum Gasteiger partial charge on any atom is -0.330 e. The van der Waals surface area contributed by atoms with Crippen molar-refractivity contribution in [3.05, 3.63) is 0 Å². The van der Waals surface area contributed by atoms with Gasteiger partial charge in [-0.25, -0.2) is 0 Å². The van der Waals surface area contributed by atoms with Crippen LogP contribution in [0.5, 0.6) is 0 Å². The van der Waals surface area contributed by atoms with Crippen LogP contribution in [-0.2, 0) is 14.2 Å². The first kappa shape index (κ1) is 41.7. The van der Waals surface area contributed by atoms with E-state index in [4.69, 9.17) is 0 Å². The van der Waals surface area contributed by atoms with Crippen LogP contribution in [0, 0.1) is 5.41 Å². The van der Waals surface area contributed by atoms with E-state index in [1.54, 1.807) is 6.92 Å². The molecule has 0 bridgehead atoms. The van der Waals surface area contributed by atoms with Gasteiger partial charge in [-0.3, -0.25) is 0 Å². The molecule has 0 aliphatic rings. The molecule has 0 radical (unpaired) electrons. The van der Waals surface area contributed by atoms with Crippen LogP contribution in [0.1, 0.15) is 65.2 Å². The van der Waals surface area contributed by atoms with Crippen LogP contribution in [0.2, 0.25) is 0 Å². The summed E-state index contributed by atoms with van der Waals surface area (Å²) >= 11 is 0. The molecule has 0 saturated carbocycles. The number of ether oxygens (including phenoxy) is 3. The Morgan fingerprint density at radius 3 is 1.00 bits per heavy atom. The summed E-state index contributed by atoms with van der Waals surface area (Å²) in [5.41, 5.74) is -4.04. The molecule has 0 aromatic carbocycles. The SMILES string of the molecule is CCCCCCCCC(CC)(C(OC)(OC)OC)C(F)(F)C(F)(F)C(F)(F)C(F)(F)C(F)(F)C(F)(F)C(F)(F)C(F)(F)F. The Labute approximate surface area is 235 Å². The van der Waals surface area contributed by atoms with E-state index < -0.39 is 78.3 Å². The summed E-state index contributed by atoms with van der Waals surface area (Å²) < 4.78 is 252. The monoisotopic (exact) mass is 678 g/mol. The van der Waals surface area contributed by atoms with Gasteiger partial charge >= 0.3 is 47.6 Å². The average Bonchev–Trinajstić information content (AvgIpc) is 2.88. The van der Waals surface area contributed by atoms with Crippen molar-refractivity contribution < 1.29 is 88.8 Å². The number of unbranched alkanes of at least 4 members (excludes halogenated alkanes) is 5. The first-order valence-electron chi connectivity index (χ1n) is 12.4. The van der Waals surface area contributed by atoms with Gasteiger partial charge in [0.25, 0.3) is 5.97 Å². The summed E-state index contributed by atoms with van der Waals surface area (Å²) in [5, 5.41) is 0. The Bertz CT molecular complexity index is 877. The van der Waals surface area contributed by atoms with Gasteiger partial charge in [-0.15, -0.1) is 0 Å². The third-order valence-corrected chi connectivity index (χ3v) is 7.28. The predicted octanol–water partition coefficient (Wildman–Crippen LogP) is 9.74. The van der Waals surface area contributed by atoms with Crippen molar-refractivity contribution >= 4 is 0 Å².